The maximum Gasteiger partial charge on any atom is 0.150 e. The molecule has 0 unspecified atom stereocenters. The van der Waals surface area contributed by atoms with Crippen LogP contribution in [-0.2, 0) is 4.79 Å². The Morgan fingerprint density at radius 1 is 1.15 bits per heavy atom. The standard InChI is InChI=1S/C18H33NO/c1-4-5-6-7-10-15-16(14(2)3)13-17(20)18(15)19-11-8-9-12-19/h14-16,18H,4-13H2,1-3H3/t15-,16+,18-/m0/s1. The van der Waals surface area contributed by atoms with Gasteiger partial charge in [0.05, 0.1) is 6.04 Å². The van der Waals surface area contributed by atoms with Gasteiger partial charge in [-0.2, -0.15) is 0 Å². The van der Waals surface area contributed by atoms with Crippen molar-refractivity contribution in [2.45, 2.75) is 78.2 Å². The third kappa shape index (κ3) is 3.63. The summed E-state index contributed by atoms with van der Waals surface area (Å²) < 4.78 is 0. The number of rotatable bonds is 7. The van der Waals surface area contributed by atoms with Gasteiger partial charge in [0.15, 0.2) is 5.78 Å². The summed E-state index contributed by atoms with van der Waals surface area (Å²) in [6.45, 7) is 9.20. The number of carbonyl (C=O) groups excluding carboxylic acids is 1. The van der Waals surface area contributed by atoms with E-state index in [4.69, 9.17) is 0 Å². The van der Waals surface area contributed by atoms with Crippen LogP contribution in [0.25, 0.3) is 0 Å². The Morgan fingerprint density at radius 3 is 2.45 bits per heavy atom. The SMILES string of the molecule is CCCCCC[C@H]1[C@@H](C(C)C)CC(=O)[C@H]1N1CCCC1. The smallest absolute Gasteiger partial charge is 0.150 e. The van der Waals surface area contributed by atoms with E-state index in [9.17, 15) is 4.79 Å². The molecule has 1 saturated carbocycles. The minimum absolute atomic E-state index is 0.270. The fourth-order valence-corrected chi connectivity index (χ4v) is 4.38. The molecule has 0 aromatic rings. The van der Waals surface area contributed by atoms with Gasteiger partial charge in [0, 0.05) is 6.42 Å². The lowest BCUT2D eigenvalue weighted by Gasteiger charge is -2.32. The zero-order valence-corrected chi connectivity index (χ0v) is 13.7. The first-order chi connectivity index (χ1) is 9.65. The lowest BCUT2D eigenvalue weighted by Crippen LogP contribution is -2.41. The van der Waals surface area contributed by atoms with Gasteiger partial charge >= 0.3 is 0 Å². The van der Waals surface area contributed by atoms with Crippen LogP contribution in [0.1, 0.15) is 72.1 Å². The quantitative estimate of drug-likeness (QED) is 0.648. The number of Topliss-reactive ketones (excluding diaryl/α,β-unsaturated/α-hetero) is 1. The highest BCUT2D eigenvalue weighted by Crippen LogP contribution is 2.41. The Bertz CT molecular complexity index is 307. The molecule has 0 aromatic heterocycles. The molecule has 2 nitrogen and oxygen atoms in total. The highest BCUT2D eigenvalue weighted by molar-refractivity contribution is 5.87. The van der Waals surface area contributed by atoms with Gasteiger partial charge in [-0.25, -0.2) is 0 Å². The Balaban J connectivity index is 2.00. The molecule has 116 valence electrons. The molecule has 0 amide bonds. The van der Waals surface area contributed by atoms with Crippen LogP contribution in [0.2, 0.25) is 0 Å². The van der Waals surface area contributed by atoms with Gasteiger partial charge in [-0.3, -0.25) is 9.69 Å². The lowest BCUT2D eigenvalue weighted by molar-refractivity contribution is -0.122. The van der Waals surface area contributed by atoms with Gasteiger partial charge in [0.25, 0.3) is 0 Å². The van der Waals surface area contributed by atoms with Crippen molar-refractivity contribution in [2.75, 3.05) is 13.1 Å². The van der Waals surface area contributed by atoms with Crippen molar-refractivity contribution in [1.29, 1.82) is 0 Å². The van der Waals surface area contributed by atoms with E-state index in [-0.39, 0.29) is 6.04 Å². The van der Waals surface area contributed by atoms with Crippen LogP contribution >= 0.6 is 0 Å². The van der Waals surface area contributed by atoms with Crippen molar-refractivity contribution >= 4 is 5.78 Å². The molecule has 1 aliphatic heterocycles. The van der Waals surface area contributed by atoms with E-state index in [0.717, 1.165) is 19.5 Å². The number of hydrogen-bond donors (Lipinski definition) is 0. The molecule has 1 aliphatic carbocycles. The first-order valence-electron chi connectivity index (χ1n) is 8.92. The Morgan fingerprint density at radius 2 is 1.85 bits per heavy atom. The first-order valence-corrected chi connectivity index (χ1v) is 8.92. The number of carbonyl (C=O) groups is 1. The molecule has 0 spiro atoms. The molecule has 2 fully saturated rings. The number of nitrogens with zero attached hydrogens (tertiary/aromatic N) is 1. The summed E-state index contributed by atoms with van der Waals surface area (Å²) in [6, 6.07) is 0.270. The van der Waals surface area contributed by atoms with E-state index in [1.807, 2.05) is 0 Å². The molecule has 1 heterocycles. The summed E-state index contributed by atoms with van der Waals surface area (Å²) in [5.41, 5.74) is 0. The Kier molecular flexibility index (Phi) is 6.07. The first kappa shape index (κ1) is 16.0. The van der Waals surface area contributed by atoms with Crippen LogP contribution in [0.5, 0.6) is 0 Å². The summed E-state index contributed by atoms with van der Waals surface area (Å²) in [5.74, 6) is 2.47. The predicted molar refractivity (Wildman–Crippen MR) is 84.8 cm³/mol. The number of likely N-dealkylation sites (tertiary alicyclic amines) is 1. The molecule has 2 rings (SSSR count). The average Bonchev–Trinajstić information content (AvgIpc) is 3.02. The van der Waals surface area contributed by atoms with Crippen LogP contribution in [0.3, 0.4) is 0 Å². The van der Waals surface area contributed by atoms with Crippen LogP contribution in [0.4, 0.5) is 0 Å². The van der Waals surface area contributed by atoms with E-state index in [0.29, 0.717) is 23.5 Å². The molecule has 1 saturated heterocycles. The minimum Gasteiger partial charge on any atom is -0.298 e. The second kappa shape index (κ2) is 7.59. The summed E-state index contributed by atoms with van der Waals surface area (Å²) in [4.78, 5) is 15.0. The normalized spacial score (nSPS) is 31.6. The van der Waals surface area contributed by atoms with Crippen LogP contribution < -0.4 is 0 Å². The molecule has 0 aromatic carbocycles. The summed E-state index contributed by atoms with van der Waals surface area (Å²) in [7, 11) is 0. The van der Waals surface area contributed by atoms with Crippen molar-refractivity contribution in [2.24, 2.45) is 17.8 Å². The Hall–Kier alpha value is -0.370. The highest BCUT2D eigenvalue weighted by atomic mass is 16.1. The fraction of sp³-hybridized carbons (Fsp3) is 0.944. The van der Waals surface area contributed by atoms with Gasteiger partial charge in [-0.1, -0.05) is 46.5 Å². The zero-order valence-electron chi connectivity index (χ0n) is 13.7. The number of unbranched alkanes of at least 4 members (excludes halogenated alkanes) is 3. The van der Waals surface area contributed by atoms with Crippen LogP contribution in [0.15, 0.2) is 0 Å². The third-order valence-corrected chi connectivity index (χ3v) is 5.50. The van der Waals surface area contributed by atoms with Gasteiger partial charge in [-0.05, 0) is 50.1 Å². The van der Waals surface area contributed by atoms with Gasteiger partial charge in [-0.15, -0.1) is 0 Å². The highest BCUT2D eigenvalue weighted by Gasteiger charge is 2.46. The maximum atomic E-state index is 12.5. The van der Waals surface area contributed by atoms with E-state index >= 15 is 0 Å². The monoisotopic (exact) mass is 279 g/mol. The molecule has 0 radical (unpaired) electrons. The van der Waals surface area contributed by atoms with E-state index in [2.05, 4.69) is 25.7 Å². The second-order valence-electron chi connectivity index (χ2n) is 7.28. The molecule has 2 aliphatic rings. The van der Waals surface area contributed by atoms with Crippen molar-refractivity contribution in [3.8, 4) is 0 Å². The van der Waals surface area contributed by atoms with E-state index in [1.54, 1.807) is 0 Å². The molecular formula is C18H33NO. The van der Waals surface area contributed by atoms with E-state index < -0.39 is 0 Å². The van der Waals surface area contributed by atoms with Crippen molar-refractivity contribution < 1.29 is 4.79 Å². The lowest BCUT2D eigenvalue weighted by atomic mass is 9.81. The zero-order chi connectivity index (χ0) is 14.5. The topological polar surface area (TPSA) is 20.3 Å². The molecular weight excluding hydrogens is 246 g/mol. The summed E-state index contributed by atoms with van der Waals surface area (Å²) >= 11 is 0. The number of hydrogen-bond acceptors (Lipinski definition) is 2. The number of ketones is 1. The minimum atomic E-state index is 0.270. The van der Waals surface area contributed by atoms with Gasteiger partial charge in [0.1, 0.15) is 0 Å². The van der Waals surface area contributed by atoms with Crippen molar-refractivity contribution in [3.63, 3.8) is 0 Å². The van der Waals surface area contributed by atoms with Gasteiger partial charge < -0.3 is 0 Å². The molecule has 20 heavy (non-hydrogen) atoms. The summed E-state index contributed by atoms with van der Waals surface area (Å²) in [5, 5.41) is 0. The molecule has 2 heteroatoms. The summed E-state index contributed by atoms with van der Waals surface area (Å²) in [6.07, 6.45) is 10.0. The van der Waals surface area contributed by atoms with E-state index in [1.165, 1.54) is 44.9 Å². The fourth-order valence-electron chi connectivity index (χ4n) is 4.38. The van der Waals surface area contributed by atoms with Crippen molar-refractivity contribution in [1.82, 2.24) is 4.90 Å². The molecule has 3 atom stereocenters. The largest absolute Gasteiger partial charge is 0.298 e. The molecule has 0 N–H and O–H groups in total. The predicted octanol–water partition coefficient (Wildman–Crippen LogP) is 4.28. The maximum absolute atomic E-state index is 12.5. The van der Waals surface area contributed by atoms with Crippen molar-refractivity contribution in [3.05, 3.63) is 0 Å². The average molecular weight is 279 g/mol. The van der Waals surface area contributed by atoms with Gasteiger partial charge in [0.2, 0.25) is 0 Å². The molecule has 0 bridgehead atoms. The van der Waals surface area contributed by atoms with Crippen LogP contribution in [0, 0.1) is 17.8 Å². The second-order valence-corrected chi connectivity index (χ2v) is 7.28. The third-order valence-electron chi connectivity index (χ3n) is 5.50. The van der Waals surface area contributed by atoms with Crippen LogP contribution in [-0.4, -0.2) is 29.8 Å². The Labute approximate surface area is 125 Å².